The lowest BCUT2D eigenvalue weighted by Crippen LogP contribution is -2.37. The van der Waals surface area contributed by atoms with E-state index in [4.69, 9.17) is 4.42 Å². The smallest absolute Gasteiger partial charge is 0.331 e. The van der Waals surface area contributed by atoms with E-state index in [1.165, 1.54) is 0 Å². The summed E-state index contributed by atoms with van der Waals surface area (Å²) in [7, 11) is -3.68. The van der Waals surface area contributed by atoms with Crippen molar-refractivity contribution in [1.82, 2.24) is 15.0 Å². The van der Waals surface area contributed by atoms with Crippen molar-refractivity contribution in [3.8, 4) is 0 Å². The number of hydrogen-bond acceptors (Lipinski definition) is 5. The van der Waals surface area contributed by atoms with Crippen molar-refractivity contribution in [3.05, 3.63) is 24.3 Å². The molecule has 19 heavy (non-hydrogen) atoms. The van der Waals surface area contributed by atoms with Gasteiger partial charge in [-0.25, -0.2) is 13.1 Å². The molecule has 0 unspecified atom stereocenters. The fourth-order valence-corrected chi connectivity index (χ4v) is 3.13. The molecular weight excluding hydrogens is 266 g/mol. The molecule has 0 radical (unpaired) electrons. The number of sulfonamides is 1. The average Bonchev–Trinajstić information content (AvgIpc) is 3.05. The van der Waals surface area contributed by atoms with Gasteiger partial charge in [0.15, 0.2) is 5.58 Å². The van der Waals surface area contributed by atoms with Crippen LogP contribution in [0.3, 0.4) is 0 Å². The number of para-hydroxylation sites is 2. The van der Waals surface area contributed by atoms with Crippen LogP contribution in [0.5, 0.6) is 0 Å². The number of nitrogens with zero attached hydrogens (tertiary/aromatic N) is 1. The number of oxazole rings is 1. The first-order chi connectivity index (χ1) is 9.15. The van der Waals surface area contributed by atoms with Crippen LogP contribution in [0, 0.1) is 0 Å². The molecule has 1 saturated heterocycles. The summed E-state index contributed by atoms with van der Waals surface area (Å²) >= 11 is 0. The van der Waals surface area contributed by atoms with Crippen molar-refractivity contribution in [2.75, 3.05) is 13.1 Å². The fourth-order valence-electron chi connectivity index (χ4n) is 2.17. The molecule has 0 bridgehead atoms. The lowest BCUT2D eigenvalue weighted by Gasteiger charge is -2.09. The maximum absolute atomic E-state index is 12.1. The van der Waals surface area contributed by atoms with Gasteiger partial charge in [-0.15, -0.1) is 0 Å². The number of hydrogen-bond donors (Lipinski definition) is 2. The van der Waals surface area contributed by atoms with Gasteiger partial charge < -0.3 is 9.73 Å². The molecule has 2 N–H and O–H groups in total. The third-order valence-corrected chi connectivity index (χ3v) is 4.37. The molecule has 102 valence electrons. The van der Waals surface area contributed by atoms with E-state index in [0.29, 0.717) is 17.6 Å². The van der Waals surface area contributed by atoms with Gasteiger partial charge >= 0.3 is 5.22 Å². The van der Waals surface area contributed by atoms with Gasteiger partial charge in [-0.1, -0.05) is 12.1 Å². The van der Waals surface area contributed by atoms with Crippen molar-refractivity contribution in [1.29, 1.82) is 0 Å². The van der Waals surface area contributed by atoms with Gasteiger partial charge in [0, 0.05) is 12.6 Å². The predicted molar refractivity (Wildman–Crippen MR) is 70.2 cm³/mol. The minimum atomic E-state index is -3.68. The quantitative estimate of drug-likeness (QED) is 0.868. The summed E-state index contributed by atoms with van der Waals surface area (Å²) in [5.41, 5.74) is 1.02. The topological polar surface area (TPSA) is 84.2 Å². The molecule has 6 nitrogen and oxygen atoms in total. The fraction of sp³-hybridized carbons (Fsp3) is 0.417. The highest BCUT2D eigenvalue weighted by Gasteiger charge is 2.23. The van der Waals surface area contributed by atoms with E-state index in [-0.39, 0.29) is 11.3 Å². The molecule has 0 saturated carbocycles. The van der Waals surface area contributed by atoms with Crippen LogP contribution in [0.4, 0.5) is 0 Å². The molecule has 0 spiro atoms. The van der Waals surface area contributed by atoms with E-state index in [9.17, 15) is 8.42 Å². The first-order valence-electron chi connectivity index (χ1n) is 6.24. The molecule has 1 aliphatic heterocycles. The van der Waals surface area contributed by atoms with Crippen LogP contribution in [-0.2, 0) is 10.0 Å². The van der Waals surface area contributed by atoms with E-state index in [0.717, 1.165) is 19.4 Å². The lowest BCUT2D eigenvalue weighted by molar-refractivity contribution is 0.450. The Hall–Kier alpha value is -1.44. The van der Waals surface area contributed by atoms with Gasteiger partial charge in [-0.3, -0.25) is 0 Å². The zero-order valence-corrected chi connectivity index (χ0v) is 11.1. The van der Waals surface area contributed by atoms with E-state index in [1.54, 1.807) is 24.3 Å². The minimum Gasteiger partial charge on any atom is -0.427 e. The highest BCUT2D eigenvalue weighted by Crippen LogP contribution is 2.18. The predicted octanol–water partition coefficient (Wildman–Crippen LogP) is 0.858. The van der Waals surface area contributed by atoms with Crippen molar-refractivity contribution in [2.45, 2.75) is 24.1 Å². The molecule has 3 rings (SSSR count). The van der Waals surface area contributed by atoms with Gasteiger partial charge in [0.05, 0.1) is 0 Å². The Balaban J connectivity index is 1.78. The molecule has 1 aliphatic rings. The first-order valence-corrected chi connectivity index (χ1v) is 7.72. The number of fused-ring (bicyclic) bond motifs is 1. The molecule has 2 aromatic rings. The summed E-state index contributed by atoms with van der Waals surface area (Å²) in [6.45, 7) is 1.30. The summed E-state index contributed by atoms with van der Waals surface area (Å²) < 4.78 is 31.9. The maximum atomic E-state index is 12.1. The van der Waals surface area contributed by atoms with Gasteiger partial charge in [0.1, 0.15) is 5.52 Å². The number of aromatic nitrogens is 1. The number of rotatable bonds is 4. The zero-order valence-electron chi connectivity index (χ0n) is 10.3. The van der Waals surface area contributed by atoms with Crippen LogP contribution in [0.25, 0.3) is 11.1 Å². The van der Waals surface area contributed by atoms with E-state index < -0.39 is 10.0 Å². The second-order valence-corrected chi connectivity index (χ2v) is 6.24. The maximum Gasteiger partial charge on any atom is 0.331 e. The SMILES string of the molecule is O=S(=O)(NC[C@H]1CCCN1)c1nc2ccccc2o1. The Morgan fingerprint density at radius 3 is 3.00 bits per heavy atom. The minimum absolute atomic E-state index is 0.194. The van der Waals surface area contributed by atoms with Gasteiger partial charge in [0.2, 0.25) is 0 Å². The number of benzene rings is 1. The van der Waals surface area contributed by atoms with E-state index >= 15 is 0 Å². The van der Waals surface area contributed by atoms with E-state index in [2.05, 4.69) is 15.0 Å². The third-order valence-electron chi connectivity index (χ3n) is 3.19. The van der Waals surface area contributed by atoms with Crippen LogP contribution in [0.15, 0.2) is 33.9 Å². The molecule has 2 heterocycles. The largest absolute Gasteiger partial charge is 0.427 e. The summed E-state index contributed by atoms with van der Waals surface area (Å²) in [5, 5.41) is 2.96. The first kappa shape index (κ1) is 12.6. The Labute approximate surface area is 111 Å². The Kier molecular flexibility index (Phi) is 3.26. The molecule has 1 atom stereocenters. The summed E-state index contributed by atoms with van der Waals surface area (Å²) in [5.74, 6) is 0. The van der Waals surface area contributed by atoms with Crippen molar-refractivity contribution in [2.24, 2.45) is 0 Å². The van der Waals surface area contributed by atoms with Crippen molar-refractivity contribution < 1.29 is 12.8 Å². The lowest BCUT2D eigenvalue weighted by atomic mass is 10.2. The molecule has 1 fully saturated rings. The number of nitrogens with one attached hydrogen (secondary N) is 2. The van der Waals surface area contributed by atoms with Crippen LogP contribution in [0.1, 0.15) is 12.8 Å². The standard InChI is InChI=1S/C12H15N3O3S/c16-19(17,14-8-9-4-3-7-13-9)12-15-10-5-1-2-6-11(10)18-12/h1-2,5-6,9,13-14H,3-4,7-8H2/t9-/m1/s1. The summed E-state index contributed by atoms with van der Waals surface area (Å²) in [6.07, 6.45) is 2.06. The average molecular weight is 281 g/mol. The summed E-state index contributed by atoms with van der Waals surface area (Å²) in [4.78, 5) is 3.99. The van der Waals surface area contributed by atoms with Crippen LogP contribution in [-0.4, -0.2) is 32.5 Å². The molecule has 1 aromatic carbocycles. The van der Waals surface area contributed by atoms with Gasteiger partial charge in [0.25, 0.3) is 10.0 Å². The second-order valence-electron chi connectivity index (χ2n) is 4.59. The summed E-state index contributed by atoms with van der Waals surface area (Å²) in [6, 6.07) is 7.17. The Bertz CT molecular complexity index is 641. The van der Waals surface area contributed by atoms with Crippen LogP contribution < -0.4 is 10.0 Å². The zero-order chi connectivity index (χ0) is 13.3. The second kappa shape index (κ2) is 4.92. The van der Waals surface area contributed by atoms with Gasteiger partial charge in [-0.2, -0.15) is 4.98 Å². The van der Waals surface area contributed by atoms with Crippen LogP contribution in [0.2, 0.25) is 0 Å². The normalized spacial score (nSPS) is 20.1. The molecule has 7 heteroatoms. The van der Waals surface area contributed by atoms with E-state index in [1.807, 2.05) is 0 Å². The molecule has 0 aliphatic carbocycles. The van der Waals surface area contributed by atoms with Crippen molar-refractivity contribution >= 4 is 21.1 Å². The van der Waals surface area contributed by atoms with Gasteiger partial charge in [-0.05, 0) is 31.5 Å². The Morgan fingerprint density at radius 2 is 2.26 bits per heavy atom. The third kappa shape index (κ3) is 2.63. The monoisotopic (exact) mass is 281 g/mol. The van der Waals surface area contributed by atoms with Crippen LogP contribution >= 0.6 is 0 Å². The highest BCUT2D eigenvalue weighted by atomic mass is 32.2. The highest BCUT2D eigenvalue weighted by molar-refractivity contribution is 7.89. The Morgan fingerprint density at radius 1 is 1.42 bits per heavy atom. The molecular formula is C12H15N3O3S. The molecule has 1 aromatic heterocycles. The van der Waals surface area contributed by atoms with Crippen molar-refractivity contribution in [3.63, 3.8) is 0 Å². The molecule has 0 amide bonds.